The summed E-state index contributed by atoms with van der Waals surface area (Å²) in [5.41, 5.74) is 0.455. The fraction of sp³-hybridized carbons (Fsp3) is 0.529. The fourth-order valence-corrected chi connectivity index (χ4v) is 2.96. The lowest BCUT2D eigenvalue weighted by Gasteiger charge is -2.27. The van der Waals surface area contributed by atoms with Crippen LogP contribution in [0.5, 0.6) is 17.2 Å². The summed E-state index contributed by atoms with van der Waals surface area (Å²) in [7, 11) is 4.52. The lowest BCUT2D eigenvalue weighted by atomic mass is 9.86. The first kappa shape index (κ1) is 18.7. The summed E-state index contributed by atoms with van der Waals surface area (Å²) in [6.07, 6.45) is 2.43. The van der Waals surface area contributed by atoms with E-state index in [1.54, 1.807) is 12.1 Å². The van der Waals surface area contributed by atoms with Gasteiger partial charge in [0, 0.05) is 18.2 Å². The average molecular weight is 352 g/mol. The van der Waals surface area contributed by atoms with Crippen LogP contribution in [-0.2, 0) is 4.79 Å². The van der Waals surface area contributed by atoms with Gasteiger partial charge in [0.05, 0.1) is 32.9 Å². The Bertz CT molecular complexity index is 626. The summed E-state index contributed by atoms with van der Waals surface area (Å²) in [4.78, 5) is 23.2. The lowest BCUT2D eigenvalue weighted by Crippen LogP contribution is -2.41. The highest BCUT2D eigenvalue weighted by Gasteiger charge is 2.27. The Morgan fingerprint density at radius 2 is 1.52 bits per heavy atom. The summed E-state index contributed by atoms with van der Waals surface area (Å²) in [5, 5.41) is 14.6. The Balaban J connectivity index is 1.99. The molecule has 2 rings (SSSR count). The van der Waals surface area contributed by atoms with Gasteiger partial charge in [0.25, 0.3) is 0 Å². The van der Waals surface area contributed by atoms with Crippen molar-refractivity contribution in [2.24, 2.45) is 5.92 Å². The molecular weight excluding hydrogens is 328 g/mol. The second-order valence-electron chi connectivity index (χ2n) is 5.89. The molecule has 0 spiro atoms. The van der Waals surface area contributed by atoms with E-state index in [1.165, 1.54) is 21.3 Å². The third-order valence-electron chi connectivity index (χ3n) is 4.37. The topological polar surface area (TPSA) is 106 Å². The summed E-state index contributed by atoms with van der Waals surface area (Å²) in [5.74, 6) is 0.338. The minimum Gasteiger partial charge on any atom is -0.494 e. The Morgan fingerprint density at radius 3 is 2.04 bits per heavy atom. The highest BCUT2D eigenvalue weighted by Crippen LogP contribution is 2.37. The number of nitrogens with one attached hydrogen (secondary N) is 2. The number of benzene rings is 1. The maximum absolute atomic E-state index is 12.3. The van der Waals surface area contributed by atoms with E-state index in [1.807, 2.05) is 0 Å². The van der Waals surface area contributed by atoms with Crippen molar-refractivity contribution in [1.29, 1.82) is 0 Å². The van der Waals surface area contributed by atoms with E-state index in [4.69, 9.17) is 19.3 Å². The largest absolute Gasteiger partial charge is 0.494 e. The first-order valence-electron chi connectivity index (χ1n) is 8.08. The number of carboxylic acids is 1. The molecule has 1 aromatic rings. The molecule has 8 heteroatoms. The molecule has 138 valence electrons. The van der Waals surface area contributed by atoms with Crippen LogP contribution >= 0.6 is 0 Å². The predicted molar refractivity (Wildman–Crippen MR) is 91.6 cm³/mol. The molecule has 0 aromatic heterocycles. The maximum Gasteiger partial charge on any atom is 0.319 e. The minimum atomic E-state index is -0.766. The van der Waals surface area contributed by atoms with Gasteiger partial charge in [-0.25, -0.2) is 4.79 Å². The molecule has 1 aromatic carbocycles. The number of methoxy groups -OCH3 is 3. The molecule has 3 N–H and O–H groups in total. The van der Waals surface area contributed by atoms with E-state index in [9.17, 15) is 9.59 Å². The Hall–Kier alpha value is -2.64. The predicted octanol–water partition coefficient (Wildman–Crippen LogP) is 2.48. The van der Waals surface area contributed by atoms with Gasteiger partial charge in [0.15, 0.2) is 11.5 Å². The molecule has 0 saturated heterocycles. The first-order valence-corrected chi connectivity index (χ1v) is 8.08. The first-order chi connectivity index (χ1) is 12.0. The van der Waals surface area contributed by atoms with Crippen molar-refractivity contribution >= 4 is 17.7 Å². The van der Waals surface area contributed by atoms with Crippen molar-refractivity contribution in [3.63, 3.8) is 0 Å². The number of carbonyl (C=O) groups is 2. The molecule has 0 unspecified atom stereocenters. The molecule has 0 bridgehead atoms. The highest BCUT2D eigenvalue weighted by molar-refractivity contribution is 5.91. The standard InChI is InChI=1S/C17H24N2O6/c1-23-13-9-15(25-3)14(24-2)8-12(13)19-17(22)18-11-6-4-10(5-7-11)16(20)21/h8-11H,4-7H2,1-3H3,(H,20,21)(H2,18,19,22). The van der Waals surface area contributed by atoms with E-state index in [0.717, 1.165) is 0 Å². The second kappa shape index (κ2) is 8.46. The molecule has 1 fully saturated rings. The Kier molecular flexibility index (Phi) is 6.32. The van der Waals surface area contributed by atoms with Gasteiger partial charge in [-0.15, -0.1) is 0 Å². The number of anilines is 1. The molecule has 0 radical (unpaired) electrons. The van der Waals surface area contributed by atoms with Crippen molar-refractivity contribution in [1.82, 2.24) is 5.32 Å². The van der Waals surface area contributed by atoms with Crippen LogP contribution < -0.4 is 24.8 Å². The van der Waals surface area contributed by atoms with Crippen molar-refractivity contribution in [2.75, 3.05) is 26.6 Å². The molecule has 0 heterocycles. The number of urea groups is 1. The molecule has 8 nitrogen and oxygen atoms in total. The fourth-order valence-electron chi connectivity index (χ4n) is 2.96. The van der Waals surface area contributed by atoms with E-state index in [0.29, 0.717) is 48.6 Å². The normalized spacial score (nSPS) is 19.6. The number of carboxylic acid groups (broad SMARTS) is 1. The number of ether oxygens (including phenoxy) is 3. The van der Waals surface area contributed by atoms with Crippen LogP contribution in [-0.4, -0.2) is 44.5 Å². The smallest absolute Gasteiger partial charge is 0.319 e. The zero-order chi connectivity index (χ0) is 18.4. The summed E-state index contributed by atoms with van der Waals surface area (Å²) in [6.45, 7) is 0. The number of rotatable bonds is 6. The zero-order valence-corrected chi connectivity index (χ0v) is 14.6. The SMILES string of the molecule is COc1cc(OC)c(OC)cc1NC(=O)NC1CCC(C(=O)O)CC1. The van der Waals surface area contributed by atoms with Gasteiger partial charge in [0.1, 0.15) is 5.75 Å². The van der Waals surface area contributed by atoms with Crippen LogP contribution in [0.1, 0.15) is 25.7 Å². The van der Waals surface area contributed by atoms with Gasteiger partial charge in [0.2, 0.25) is 0 Å². The number of hydrogen-bond donors (Lipinski definition) is 3. The van der Waals surface area contributed by atoms with Gasteiger partial charge >= 0.3 is 12.0 Å². The zero-order valence-electron chi connectivity index (χ0n) is 14.6. The van der Waals surface area contributed by atoms with E-state index in [-0.39, 0.29) is 18.0 Å². The van der Waals surface area contributed by atoms with Gasteiger partial charge < -0.3 is 30.0 Å². The number of aliphatic carboxylic acids is 1. The number of carbonyl (C=O) groups excluding carboxylic acids is 1. The van der Waals surface area contributed by atoms with E-state index >= 15 is 0 Å². The van der Waals surface area contributed by atoms with Crippen LogP contribution in [0, 0.1) is 5.92 Å². The summed E-state index contributed by atoms with van der Waals surface area (Å²) in [6, 6.07) is 2.84. The van der Waals surface area contributed by atoms with Crippen LogP contribution in [0.25, 0.3) is 0 Å². The molecule has 1 saturated carbocycles. The van der Waals surface area contributed by atoms with Crippen molar-refractivity contribution < 1.29 is 28.9 Å². The minimum absolute atomic E-state index is 0.0401. The third kappa shape index (κ3) is 4.68. The average Bonchev–Trinajstić information content (AvgIpc) is 2.61. The van der Waals surface area contributed by atoms with Crippen LogP contribution in [0.15, 0.2) is 12.1 Å². The van der Waals surface area contributed by atoms with Crippen LogP contribution in [0.2, 0.25) is 0 Å². The van der Waals surface area contributed by atoms with Gasteiger partial charge in [-0.05, 0) is 25.7 Å². The lowest BCUT2D eigenvalue weighted by molar-refractivity contribution is -0.142. The van der Waals surface area contributed by atoms with Gasteiger partial charge in [-0.2, -0.15) is 0 Å². The molecule has 2 amide bonds. The monoisotopic (exact) mass is 352 g/mol. The van der Waals surface area contributed by atoms with Crippen LogP contribution in [0.3, 0.4) is 0 Å². The molecule has 0 atom stereocenters. The molecule has 1 aliphatic carbocycles. The molecule has 1 aliphatic rings. The van der Waals surface area contributed by atoms with Crippen molar-refractivity contribution in [2.45, 2.75) is 31.7 Å². The van der Waals surface area contributed by atoms with Crippen molar-refractivity contribution in [3.8, 4) is 17.2 Å². The van der Waals surface area contributed by atoms with Crippen LogP contribution in [0.4, 0.5) is 10.5 Å². The molecular formula is C17H24N2O6. The molecule has 25 heavy (non-hydrogen) atoms. The second-order valence-corrected chi connectivity index (χ2v) is 5.89. The summed E-state index contributed by atoms with van der Waals surface area (Å²) >= 11 is 0. The number of amides is 2. The van der Waals surface area contributed by atoms with Gasteiger partial charge in [-0.3, -0.25) is 4.79 Å². The maximum atomic E-state index is 12.3. The Labute approximate surface area is 146 Å². The third-order valence-corrected chi connectivity index (χ3v) is 4.37. The summed E-state index contributed by atoms with van der Waals surface area (Å²) < 4.78 is 15.7. The number of hydrogen-bond acceptors (Lipinski definition) is 5. The quantitative estimate of drug-likeness (QED) is 0.726. The van der Waals surface area contributed by atoms with Crippen molar-refractivity contribution in [3.05, 3.63) is 12.1 Å². The van der Waals surface area contributed by atoms with Gasteiger partial charge in [-0.1, -0.05) is 0 Å². The van der Waals surface area contributed by atoms with E-state index in [2.05, 4.69) is 10.6 Å². The molecule has 0 aliphatic heterocycles. The Morgan fingerprint density at radius 1 is 0.960 bits per heavy atom. The highest BCUT2D eigenvalue weighted by atomic mass is 16.5. The van der Waals surface area contributed by atoms with E-state index < -0.39 is 5.97 Å².